The fourth-order valence-corrected chi connectivity index (χ4v) is 3.90. The van der Waals surface area contributed by atoms with Crippen LogP contribution < -0.4 is 15.8 Å². The molecule has 0 aliphatic carbocycles. The molecule has 3 aromatic heterocycles. The molecule has 0 unspecified atom stereocenters. The topological polar surface area (TPSA) is 99.8 Å². The molecule has 0 spiro atoms. The molecule has 0 radical (unpaired) electrons. The number of fused-ring (bicyclic) bond motifs is 1. The number of pyridine rings is 2. The highest BCUT2D eigenvalue weighted by molar-refractivity contribution is 5.91. The standard InChI is InChI=1S/C22H23F2N5O3/c1-13-10-15(14(2)26-16-4-3-7-25-19(16)21(31)32)20-27-17(11-18(30)29(20)12-13)28-8-5-22(23,24)6-9-28/h3-4,7,10-12,14,26H,5-6,8-9H2,1-2H3,(H,31,32)/t14-/m1/s1. The smallest absolute Gasteiger partial charge is 0.356 e. The number of hydrogen-bond acceptors (Lipinski definition) is 6. The Hall–Kier alpha value is -3.56. The Morgan fingerprint density at radius 2 is 2.00 bits per heavy atom. The zero-order valence-electron chi connectivity index (χ0n) is 17.7. The van der Waals surface area contributed by atoms with Gasteiger partial charge in [-0.1, -0.05) is 0 Å². The molecule has 0 amide bonds. The van der Waals surface area contributed by atoms with Crippen LogP contribution in [0.1, 0.15) is 47.4 Å². The van der Waals surface area contributed by atoms with E-state index in [0.29, 0.717) is 22.7 Å². The number of piperidine rings is 1. The molecule has 0 bridgehead atoms. The van der Waals surface area contributed by atoms with Crippen LogP contribution in [0.15, 0.2) is 41.5 Å². The lowest BCUT2D eigenvalue weighted by Gasteiger charge is -2.32. The summed E-state index contributed by atoms with van der Waals surface area (Å²) in [6.45, 7) is 3.90. The number of carbonyl (C=O) groups is 1. The maximum Gasteiger partial charge on any atom is 0.356 e. The minimum absolute atomic E-state index is 0.113. The maximum absolute atomic E-state index is 13.6. The normalized spacial score (nSPS) is 16.7. The third-order valence-electron chi connectivity index (χ3n) is 5.58. The van der Waals surface area contributed by atoms with Gasteiger partial charge in [0.2, 0.25) is 0 Å². The van der Waals surface area contributed by atoms with Gasteiger partial charge < -0.3 is 15.3 Å². The largest absolute Gasteiger partial charge is 0.476 e. The van der Waals surface area contributed by atoms with Crippen molar-refractivity contribution in [1.29, 1.82) is 0 Å². The third-order valence-corrected chi connectivity index (χ3v) is 5.58. The summed E-state index contributed by atoms with van der Waals surface area (Å²) in [5, 5.41) is 12.5. The van der Waals surface area contributed by atoms with Crippen molar-refractivity contribution in [3.8, 4) is 0 Å². The second-order valence-electron chi connectivity index (χ2n) is 8.03. The number of carboxylic acid groups (broad SMARTS) is 1. The molecule has 4 rings (SSSR count). The van der Waals surface area contributed by atoms with Crippen molar-refractivity contribution in [2.75, 3.05) is 23.3 Å². The predicted octanol–water partition coefficient (Wildman–Crippen LogP) is 3.50. The fourth-order valence-electron chi connectivity index (χ4n) is 3.90. The Labute approximate surface area is 182 Å². The van der Waals surface area contributed by atoms with Crippen molar-refractivity contribution >= 4 is 23.1 Å². The number of halogens is 2. The van der Waals surface area contributed by atoms with Crippen LogP contribution >= 0.6 is 0 Å². The predicted molar refractivity (Wildman–Crippen MR) is 116 cm³/mol. The van der Waals surface area contributed by atoms with E-state index in [1.807, 2.05) is 19.9 Å². The molecule has 32 heavy (non-hydrogen) atoms. The summed E-state index contributed by atoms with van der Waals surface area (Å²) in [4.78, 5) is 34.6. The Kier molecular flexibility index (Phi) is 5.53. The number of aromatic nitrogens is 3. The molecule has 1 saturated heterocycles. The second kappa shape index (κ2) is 8.18. The Morgan fingerprint density at radius 1 is 1.28 bits per heavy atom. The lowest BCUT2D eigenvalue weighted by Crippen LogP contribution is -2.40. The van der Waals surface area contributed by atoms with E-state index >= 15 is 0 Å². The van der Waals surface area contributed by atoms with Gasteiger partial charge in [-0.05, 0) is 37.6 Å². The van der Waals surface area contributed by atoms with E-state index in [1.165, 1.54) is 16.7 Å². The van der Waals surface area contributed by atoms with Gasteiger partial charge in [0.25, 0.3) is 11.5 Å². The lowest BCUT2D eigenvalue weighted by molar-refractivity contribution is -0.0221. The number of hydrogen-bond donors (Lipinski definition) is 2. The van der Waals surface area contributed by atoms with E-state index in [-0.39, 0.29) is 37.2 Å². The Morgan fingerprint density at radius 3 is 2.69 bits per heavy atom. The number of nitrogens with zero attached hydrogens (tertiary/aromatic N) is 4. The molecule has 1 atom stereocenters. The molecule has 2 N–H and O–H groups in total. The first-order valence-electron chi connectivity index (χ1n) is 10.3. The first-order valence-corrected chi connectivity index (χ1v) is 10.3. The molecule has 3 aromatic rings. The van der Waals surface area contributed by atoms with E-state index in [2.05, 4.69) is 15.3 Å². The molecule has 168 valence electrons. The highest BCUT2D eigenvalue weighted by Crippen LogP contribution is 2.30. The summed E-state index contributed by atoms with van der Waals surface area (Å²) < 4.78 is 28.6. The second-order valence-corrected chi connectivity index (χ2v) is 8.03. The van der Waals surface area contributed by atoms with Crippen LogP contribution in [-0.4, -0.2) is 44.5 Å². The number of rotatable bonds is 5. The van der Waals surface area contributed by atoms with Crippen molar-refractivity contribution in [1.82, 2.24) is 14.4 Å². The summed E-state index contributed by atoms with van der Waals surface area (Å²) in [6.07, 6.45) is 2.50. The van der Waals surface area contributed by atoms with Crippen LogP contribution in [0.3, 0.4) is 0 Å². The van der Waals surface area contributed by atoms with Crippen molar-refractivity contribution < 1.29 is 18.7 Å². The lowest BCUT2D eigenvalue weighted by atomic mass is 10.1. The van der Waals surface area contributed by atoms with Gasteiger partial charge in [0.1, 0.15) is 11.5 Å². The van der Waals surface area contributed by atoms with Gasteiger partial charge in [-0.2, -0.15) is 0 Å². The van der Waals surface area contributed by atoms with Crippen LogP contribution in [0.4, 0.5) is 20.3 Å². The maximum atomic E-state index is 13.6. The van der Waals surface area contributed by atoms with E-state index in [4.69, 9.17) is 0 Å². The van der Waals surface area contributed by atoms with Gasteiger partial charge in [-0.25, -0.2) is 23.5 Å². The quantitative estimate of drug-likeness (QED) is 0.623. The molecule has 1 aliphatic rings. The molecule has 4 heterocycles. The van der Waals surface area contributed by atoms with Gasteiger partial charge in [0.05, 0.1) is 11.7 Å². The average Bonchev–Trinajstić information content (AvgIpc) is 2.74. The molecular formula is C22H23F2N5O3. The van der Waals surface area contributed by atoms with Crippen molar-refractivity contribution in [2.45, 2.75) is 38.7 Å². The van der Waals surface area contributed by atoms with Crippen LogP contribution in [-0.2, 0) is 0 Å². The van der Waals surface area contributed by atoms with E-state index in [1.54, 1.807) is 23.2 Å². The molecule has 1 aliphatic heterocycles. The number of aryl methyl sites for hydroxylation is 1. The summed E-state index contributed by atoms with van der Waals surface area (Å²) in [5.41, 5.74) is 1.79. The fraction of sp³-hybridized carbons (Fsp3) is 0.364. The molecule has 0 saturated carbocycles. The molecule has 0 aromatic carbocycles. The molecule has 8 nitrogen and oxygen atoms in total. The molecule has 1 fully saturated rings. The van der Waals surface area contributed by atoms with E-state index in [9.17, 15) is 23.5 Å². The number of nitrogens with one attached hydrogen (secondary N) is 1. The van der Waals surface area contributed by atoms with Crippen LogP contribution in [0.2, 0.25) is 0 Å². The summed E-state index contributed by atoms with van der Waals surface area (Å²) >= 11 is 0. The number of alkyl halides is 2. The first kappa shape index (κ1) is 21.7. The van der Waals surface area contributed by atoms with E-state index in [0.717, 1.165) is 5.56 Å². The summed E-state index contributed by atoms with van der Waals surface area (Å²) in [6, 6.07) is 6.05. The Bertz CT molecular complexity index is 1230. The zero-order chi connectivity index (χ0) is 23.0. The van der Waals surface area contributed by atoms with Crippen molar-refractivity contribution in [2.24, 2.45) is 0 Å². The number of anilines is 2. The van der Waals surface area contributed by atoms with Crippen molar-refractivity contribution in [3.63, 3.8) is 0 Å². The summed E-state index contributed by atoms with van der Waals surface area (Å²) in [7, 11) is 0. The van der Waals surface area contributed by atoms with Gasteiger partial charge in [0.15, 0.2) is 5.69 Å². The average molecular weight is 443 g/mol. The first-order chi connectivity index (χ1) is 15.1. The van der Waals surface area contributed by atoms with Crippen LogP contribution in [0.25, 0.3) is 5.65 Å². The molecule has 10 heteroatoms. The SMILES string of the molecule is Cc1cc([C@@H](C)Nc2cccnc2C(=O)O)c2nc(N3CCC(F)(F)CC3)cc(=O)n2c1. The highest BCUT2D eigenvalue weighted by atomic mass is 19.3. The minimum Gasteiger partial charge on any atom is -0.476 e. The van der Waals surface area contributed by atoms with Crippen molar-refractivity contribution in [3.05, 3.63) is 63.8 Å². The van der Waals surface area contributed by atoms with Gasteiger partial charge in [-0.15, -0.1) is 0 Å². The number of aromatic carboxylic acids is 1. The third kappa shape index (κ3) is 4.25. The molecular weight excluding hydrogens is 420 g/mol. The van der Waals surface area contributed by atoms with E-state index < -0.39 is 17.9 Å². The van der Waals surface area contributed by atoms with Gasteiger partial charge in [0, 0.05) is 50.0 Å². The van der Waals surface area contributed by atoms with Gasteiger partial charge >= 0.3 is 5.97 Å². The minimum atomic E-state index is -2.70. The Balaban J connectivity index is 1.75. The van der Waals surface area contributed by atoms with Crippen LogP contribution in [0, 0.1) is 6.92 Å². The van der Waals surface area contributed by atoms with Gasteiger partial charge in [-0.3, -0.25) is 9.20 Å². The highest BCUT2D eigenvalue weighted by Gasteiger charge is 2.34. The van der Waals surface area contributed by atoms with Crippen LogP contribution in [0.5, 0.6) is 0 Å². The zero-order valence-corrected chi connectivity index (χ0v) is 17.7. The summed E-state index contributed by atoms with van der Waals surface area (Å²) in [5.74, 6) is -3.50. The monoisotopic (exact) mass is 443 g/mol. The number of carboxylic acids is 1.